The molecule has 3 aromatic rings. The van der Waals surface area contributed by atoms with Gasteiger partial charge in [0.1, 0.15) is 11.5 Å². The van der Waals surface area contributed by atoms with Crippen LogP contribution in [-0.2, 0) is 16.1 Å². The molecule has 5 nitrogen and oxygen atoms in total. The molecule has 6 heteroatoms. The molecule has 0 saturated carbocycles. The maximum Gasteiger partial charge on any atom is 0.296 e. The maximum atomic E-state index is 13.0. The Morgan fingerprint density at radius 2 is 1.74 bits per heavy atom. The molecule has 4 rings (SSSR count). The number of carbonyl (C=O) groups excluding carboxylic acids is 2. The lowest BCUT2D eigenvalue weighted by Gasteiger charge is -2.25. The minimum atomic E-state index is -0.734. The smallest absolute Gasteiger partial charge is 0.296 e. The molecule has 1 saturated heterocycles. The molecule has 0 unspecified atom stereocenters. The van der Waals surface area contributed by atoms with E-state index in [4.69, 9.17) is 16.0 Å². The van der Waals surface area contributed by atoms with Gasteiger partial charge >= 0.3 is 0 Å². The van der Waals surface area contributed by atoms with E-state index in [2.05, 4.69) is 13.8 Å². The Morgan fingerprint density at radius 3 is 2.32 bits per heavy atom. The summed E-state index contributed by atoms with van der Waals surface area (Å²) in [7, 11) is 0. The number of amides is 1. The lowest BCUT2D eigenvalue weighted by Crippen LogP contribution is -2.29. The van der Waals surface area contributed by atoms with Gasteiger partial charge in [0.05, 0.1) is 24.4 Å². The third-order valence-electron chi connectivity index (χ3n) is 5.48. The Morgan fingerprint density at radius 1 is 1.06 bits per heavy atom. The monoisotopic (exact) mass is 435 g/mol. The number of hydrogen-bond donors (Lipinski definition) is 1. The first kappa shape index (κ1) is 20.9. The number of hydrogen-bond acceptors (Lipinski definition) is 4. The number of nitrogens with zero attached hydrogens (tertiary/aromatic N) is 1. The predicted octanol–water partition coefficient (Wildman–Crippen LogP) is 5.68. The van der Waals surface area contributed by atoms with E-state index in [9.17, 15) is 14.7 Å². The van der Waals surface area contributed by atoms with Crippen LogP contribution in [0.2, 0.25) is 5.02 Å². The zero-order valence-electron chi connectivity index (χ0n) is 17.2. The van der Waals surface area contributed by atoms with Crippen LogP contribution in [-0.4, -0.2) is 21.7 Å². The van der Waals surface area contributed by atoms with Crippen LogP contribution in [0.4, 0.5) is 0 Å². The molecule has 2 heterocycles. The minimum Gasteiger partial charge on any atom is -0.507 e. The first-order valence-corrected chi connectivity index (χ1v) is 10.4. The number of halogens is 1. The molecule has 0 radical (unpaired) electrons. The molecule has 1 aliphatic rings. The fourth-order valence-corrected chi connectivity index (χ4v) is 3.91. The van der Waals surface area contributed by atoms with Crippen molar-refractivity contribution >= 4 is 29.1 Å². The molecule has 0 aliphatic carbocycles. The molecule has 31 heavy (non-hydrogen) atoms. The summed E-state index contributed by atoms with van der Waals surface area (Å²) in [6, 6.07) is 17.0. The van der Waals surface area contributed by atoms with Gasteiger partial charge in [-0.05, 0) is 53.4 Å². The quantitative estimate of drug-likeness (QED) is 0.318. The molecule has 0 bridgehead atoms. The highest BCUT2D eigenvalue weighted by molar-refractivity contribution is 6.46. The number of benzene rings is 2. The van der Waals surface area contributed by atoms with Crippen LogP contribution in [0.25, 0.3) is 5.76 Å². The van der Waals surface area contributed by atoms with Gasteiger partial charge in [-0.3, -0.25) is 9.59 Å². The second-order valence-electron chi connectivity index (χ2n) is 7.83. The zero-order chi connectivity index (χ0) is 22.1. The first-order valence-electron chi connectivity index (χ1n) is 10.0. The minimum absolute atomic E-state index is 0.0520. The standard InChI is InChI=1S/C25H22ClNO4/c1-15(2)16-5-7-17(8-6-16)22-21(23(28)18-9-11-19(26)12-10-18)24(29)25(30)27(22)14-20-4-3-13-31-20/h3-13,15,22,28H,14H2,1-2H3/b23-21+/t22-/m1/s1. The molecule has 158 valence electrons. The number of rotatable bonds is 5. The predicted molar refractivity (Wildman–Crippen MR) is 119 cm³/mol. The Balaban J connectivity index is 1.84. The van der Waals surface area contributed by atoms with Crippen LogP contribution < -0.4 is 0 Å². The Labute approximate surface area is 185 Å². The van der Waals surface area contributed by atoms with Gasteiger partial charge in [-0.2, -0.15) is 0 Å². The van der Waals surface area contributed by atoms with E-state index >= 15 is 0 Å². The molecule has 1 aromatic heterocycles. The number of aliphatic hydroxyl groups is 1. The highest BCUT2D eigenvalue weighted by Crippen LogP contribution is 2.40. The van der Waals surface area contributed by atoms with Gasteiger partial charge < -0.3 is 14.4 Å². The van der Waals surface area contributed by atoms with Crippen molar-refractivity contribution in [2.45, 2.75) is 32.4 Å². The molecular formula is C25H22ClNO4. The molecule has 1 amide bonds. The molecule has 0 spiro atoms. The van der Waals surface area contributed by atoms with E-state index in [1.54, 1.807) is 36.4 Å². The van der Waals surface area contributed by atoms with Crippen LogP contribution in [0.5, 0.6) is 0 Å². The van der Waals surface area contributed by atoms with Crippen LogP contribution in [0, 0.1) is 0 Å². The molecular weight excluding hydrogens is 414 g/mol. The molecule has 1 N–H and O–H groups in total. The summed E-state index contributed by atoms with van der Waals surface area (Å²) in [6.07, 6.45) is 1.52. The Bertz CT molecular complexity index is 1130. The topological polar surface area (TPSA) is 70.8 Å². The number of carbonyl (C=O) groups is 2. The van der Waals surface area contributed by atoms with Gasteiger partial charge in [0.15, 0.2) is 0 Å². The zero-order valence-corrected chi connectivity index (χ0v) is 18.0. The van der Waals surface area contributed by atoms with Gasteiger partial charge in [0.2, 0.25) is 0 Å². The SMILES string of the molecule is CC(C)c1ccc([C@@H]2/C(=C(\O)c3ccc(Cl)cc3)C(=O)C(=O)N2Cc2ccco2)cc1. The van der Waals surface area contributed by atoms with Crippen molar-refractivity contribution in [3.05, 3.63) is 100.0 Å². The lowest BCUT2D eigenvalue weighted by atomic mass is 9.93. The average molecular weight is 436 g/mol. The van der Waals surface area contributed by atoms with Crippen molar-refractivity contribution in [3.8, 4) is 0 Å². The van der Waals surface area contributed by atoms with Gasteiger partial charge in [0, 0.05) is 10.6 Å². The van der Waals surface area contributed by atoms with Crippen molar-refractivity contribution in [1.82, 2.24) is 4.90 Å². The summed E-state index contributed by atoms with van der Waals surface area (Å²) >= 11 is 5.96. The molecule has 1 atom stereocenters. The van der Waals surface area contributed by atoms with E-state index in [1.165, 1.54) is 11.2 Å². The van der Waals surface area contributed by atoms with Crippen LogP contribution in [0.3, 0.4) is 0 Å². The maximum absolute atomic E-state index is 13.0. The number of Topliss-reactive ketones (excluding diaryl/α,β-unsaturated/α-hetero) is 1. The molecule has 1 fully saturated rings. The van der Waals surface area contributed by atoms with Crippen LogP contribution in [0.15, 0.2) is 76.9 Å². The summed E-state index contributed by atoms with van der Waals surface area (Å²) in [5, 5.41) is 11.5. The normalized spacial score (nSPS) is 18.2. The van der Waals surface area contributed by atoms with Gasteiger partial charge in [-0.15, -0.1) is 0 Å². The van der Waals surface area contributed by atoms with Crippen molar-refractivity contribution in [3.63, 3.8) is 0 Å². The third-order valence-corrected chi connectivity index (χ3v) is 5.73. The highest BCUT2D eigenvalue weighted by atomic mass is 35.5. The Hall–Kier alpha value is -3.31. The van der Waals surface area contributed by atoms with E-state index in [0.717, 1.165) is 11.1 Å². The molecule has 1 aliphatic heterocycles. The summed E-state index contributed by atoms with van der Waals surface area (Å²) < 4.78 is 5.41. The second-order valence-corrected chi connectivity index (χ2v) is 8.27. The molecule has 2 aromatic carbocycles. The van der Waals surface area contributed by atoms with E-state index in [1.807, 2.05) is 24.3 Å². The van der Waals surface area contributed by atoms with Crippen molar-refractivity contribution < 1.29 is 19.1 Å². The van der Waals surface area contributed by atoms with Gasteiger partial charge in [0.25, 0.3) is 11.7 Å². The number of ketones is 1. The van der Waals surface area contributed by atoms with E-state index in [-0.39, 0.29) is 17.9 Å². The first-order chi connectivity index (χ1) is 14.9. The Kier molecular flexibility index (Phi) is 5.70. The highest BCUT2D eigenvalue weighted by Gasteiger charge is 2.46. The fraction of sp³-hybridized carbons (Fsp3) is 0.200. The number of aliphatic hydroxyl groups excluding tert-OH is 1. The van der Waals surface area contributed by atoms with Crippen molar-refractivity contribution in [1.29, 1.82) is 0 Å². The summed E-state index contributed by atoms with van der Waals surface area (Å²) in [4.78, 5) is 27.4. The fourth-order valence-electron chi connectivity index (χ4n) is 3.79. The number of likely N-dealkylation sites (tertiary alicyclic amines) is 1. The lowest BCUT2D eigenvalue weighted by molar-refractivity contribution is -0.140. The van der Waals surface area contributed by atoms with Crippen LogP contribution in [0.1, 0.15) is 48.3 Å². The third kappa shape index (κ3) is 4.01. The number of furan rings is 1. The van der Waals surface area contributed by atoms with Crippen molar-refractivity contribution in [2.75, 3.05) is 0 Å². The van der Waals surface area contributed by atoms with E-state index in [0.29, 0.717) is 22.3 Å². The van der Waals surface area contributed by atoms with Crippen LogP contribution >= 0.6 is 11.6 Å². The van der Waals surface area contributed by atoms with Gasteiger partial charge in [-0.1, -0.05) is 49.7 Å². The van der Waals surface area contributed by atoms with Gasteiger partial charge in [-0.25, -0.2) is 0 Å². The summed E-state index contributed by atoms with van der Waals surface area (Å²) in [6.45, 7) is 4.31. The van der Waals surface area contributed by atoms with Crippen molar-refractivity contribution in [2.24, 2.45) is 0 Å². The summed E-state index contributed by atoms with van der Waals surface area (Å²) in [5.41, 5.74) is 2.36. The van der Waals surface area contributed by atoms with E-state index < -0.39 is 17.7 Å². The largest absolute Gasteiger partial charge is 0.507 e. The summed E-state index contributed by atoms with van der Waals surface area (Å²) in [5.74, 6) is -0.730. The second kappa shape index (κ2) is 8.44. The average Bonchev–Trinajstić information content (AvgIpc) is 3.36.